The molecule has 4 nitrogen and oxygen atoms in total. The van der Waals surface area contributed by atoms with E-state index in [4.69, 9.17) is 0 Å². The Labute approximate surface area is 91.8 Å². The van der Waals surface area contributed by atoms with Crippen LogP contribution in [-0.4, -0.2) is 39.3 Å². The van der Waals surface area contributed by atoms with Gasteiger partial charge in [0.1, 0.15) is 0 Å². The van der Waals surface area contributed by atoms with Crippen molar-refractivity contribution in [3.8, 4) is 0 Å². The Morgan fingerprint density at radius 1 is 1.47 bits per heavy atom. The van der Waals surface area contributed by atoms with Crippen molar-refractivity contribution >= 4 is 5.97 Å². The number of hydrogen-bond acceptors (Lipinski definition) is 4. The van der Waals surface area contributed by atoms with Crippen molar-refractivity contribution in [1.82, 2.24) is 10.6 Å². The zero-order valence-corrected chi connectivity index (χ0v) is 9.55. The average Bonchev–Trinajstić information content (AvgIpc) is 2.29. The van der Waals surface area contributed by atoms with Gasteiger partial charge in [-0.15, -0.1) is 0 Å². The number of rotatable bonds is 6. The Kier molecular flexibility index (Phi) is 6.36. The first kappa shape index (κ1) is 12.5. The number of carbonyl (C=O) groups is 1. The number of hydrogen-bond donors (Lipinski definition) is 2. The molecule has 0 bridgehead atoms. The number of esters is 1. The van der Waals surface area contributed by atoms with Gasteiger partial charge in [0.25, 0.3) is 0 Å². The summed E-state index contributed by atoms with van der Waals surface area (Å²) >= 11 is 0. The first-order chi connectivity index (χ1) is 7.33. The van der Waals surface area contributed by atoms with E-state index >= 15 is 0 Å². The van der Waals surface area contributed by atoms with Crippen LogP contribution in [-0.2, 0) is 9.53 Å². The summed E-state index contributed by atoms with van der Waals surface area (Å²) in [7, 11) is 1.44. The summed E-state index contributed by atoms with van der Waals surface area (Å²) in [5.41, 5.74) is 0. The highest BCUT2D eigenvalue weighted by atomic mass is 16.5. The SMILES string of the molecule is COC(=O)CCCNCC1CCNCC1. The lowest BCUT2D eigenvalue weighted by Crippen LogP contribution is -2.34. The first-order valence-corrected chi connectivity index (χ1v) is 5.81. The van der Waals surface area contributed by atoms with E-state index in [9.17, 15) is 4.79 Å². The van der Waals surface area contributed by atoms with Crippen molar-refractivity contribution < 1.29 is 9.53 Å². The molecule has 1 saturated heterocycles. The highest BCUT2D eigenvalue weighted by Gasteiger charge is 2.11. The predicted octanol–water partition coefficient (Wildman–Crippen LogP) is 0.529. The van der Waals surface area contributed by atoms with Crippen molar-refractivity contribution in [3.63, 3.8) is 0 Å². The molecule has 1 fully saturated rings. The van der Waals surface area contributed by atoms with Gasteiger partial charge in [0, 0.05) is 6.42 Å². The highest BCUT2D eigenvalue weighted by Crippen LogP contribution is 2.09. The predicted molar refractivity (Wildman–Crippen MR) is 59.7 cm³/mol. The van der Waals surface area contributed by atoms with Gasteiger partial charge in [0.05, 0.1) is 7.11 Å². The van der Waals surface area contributed by atoms with Crippen molar-refractivity contribution in [2.24, 2.45) is 5.92 Å². The lowest BCUT2D eigenvalue weighted by molar-refractivity contribution is -0.140. The van der Waals surface area contributed by atoms with Crippen LogP contribution in [0.25, 0.3) is 0 Å². The lowest BCUT2D eigenvalue weighted by Gasteiger charge is -2.22. The second kappa shape index (κ2) is 7.65. The second-order valence-electron chi connectivity index (χ2n) is 4.08. The Balaban J connectivity index is 1.89. The van der Waals surface area contributed by atoms with Crippen LogP contribution >= 0.6 is 0 Å². The van der Waals surface area contributed by atoms with Gasteiger partial charge in [0.2, 0.25) is 0 Å². The molecule has 0 aliphatic carbocycles. The minimum absolute atomic E-state index is 0.112. The molecule has 0 aromatic rings. The van der Waals surface area contributed by atoms with E-state index in [0.717, 1.165) is 38.5 Å². The minimum Gasteiger partial charge on any atom is -0.469 e. The van der Waals surface area contributed by atoms with Gasteiger partial charge >= 0.3 is 5.97 Å². The zero-order chi connectivity index (χ0) is 10.9. The van der Waals surface area contributed by atoms with E-state index in [-0.39, 0.29) is 5.97 Å². The molecule has 1 heterocycles. The van der Waals surface area contributed by atoms with Crippen LogP contribution in [0.3, 0.4) is 0 Å². The molecule has 0 atom stereocenters. The molecule has 4 heteroatoms. The van der Waals surface area contributed by atoms with Crippen molar-refractivity contribution in [3.05, 3.63) is 0 Å². The fourth-order valence-corrected chi connectivity index (χ4v) is 1.85. The highest BCUT2D eigenvalue weighted by molar-refractivity contribution is 5.68. The zero-order valence-electron chi connectivity index (χ0n) is 9.55. The van der Waals surface area contributed by atoms with Crippen LogP contribution < -0.4 is 10.6 Å². The molecule has 0 radical (unpaired) electrons. The Bertz CT molecular complexity index is 179. The van der Waals surface area contributed by atoms with Crippen LogP contribution in [0.1, 0.15) is 25.7 Å². The third-order valence-electron chi connectivity index (χ3n) is 2.85. The van der Waals surface area contributed by atoms with E-state index < -0.39 is 0 Å². The molecule has 1 aliphatic rings. The van der Waals surface area contributed by atoms with E-state index in [1.54, 1.807) is 0 Å². The fourth-order valence-electron chi connectivity index (χ4n) is 1.85. The third-order valence-corrected chi connectivity index (χ3v) is 2.85. The first-order valence-electron chi connectivity index (χ1n) is 5.81. The smallest absolute Gasteiger partial charge is 0.305 e. The summed E-state index contributed by atoms with van der Waals surface area (Å²) in [6.45, 7) is 4.30. The average molecular weight is 214 g/mol. The number of carbonyl (C=O) groups excluding carboxylic acids is 1. The molecule has 0 aromatic heterocycles. The summed E-state index contributed by atoms with van der Waals surface area (Å²) in [6, 6.07) is 0. The van der Waals surface area contributed by atoms with Gasteiger partial charge in [-0.3, -0.25) is 4.79 Å². The Morgan fingerprint density at radius 3 is 2.87 bits per heavy atom. The molecule has 1 rings (SSSR count). The maximum Gasteiger partial charge on any atom is 0.305 e. The quantitative estimate of drug-likeness (QED) is 0.500. The van der Waals surface area contributed by atoms with Gasteiger partial charge in [-0.05, 0) is 51.4 Å². The minimum atomic E-state index is -0.112. The van der Waals surface area contributed by atoms with Crippen molar-refractivity contribution in [2.75, 3.05) is 33.3 Å². The van der Waals surface area contributed by atoms with Crippen LogP contribution in [0.15, 0.2) is 0 Å². The molecule has 0 spiro atoms. The largest absolute Gasteiger partial charge is 0.469 e. The second-order valence-corrected chi connectivity index (χ2v) is 4.08. The van der Waals surface area contributed by atoms with Crippen molar-refractivity contribution in [2.45, 2.75) is 25.7 Å². The summed E-state index contributed by atoms with van der Waals surface area (Å²) in [5, 5.41) is 6.75. The molecule has 1 aliphatic heterocycles. The molecule has 2 N–H and O–H groups in total. The maximum atomic E-state index is 10.8. The van der Waals surface area contributed by atoms with Crippen LogP contribution in [0.4, 0.5) is 0 Å². The molecule has 15 heavy (non-hydrogen) atoms. The monoisotopic (exact) mass is 214 g/mol. The lowest BCUT2D eigenvalue weighted by atomic mass is 9.98. The summed E-state index contributed by atoms with van der Waals surface area (Å²) in [5.74, 6) is 0.697. The van der Waals surface area contributed by atoms with Crippen LogP contribution in [0.5, 0.6) is 0 Å². The molecular weight excluding hydrogens is 192 g/mol. The van der Waals surface area contributed by atoms with Gasteiger partial charge in [0.15, 0.2) is 0 Å². The number of nitrogens with one attached hydrogen (secondary N) is 2. The standard InChI is InChI=1S/C11H22N2O2/c1-15-11(14)3-2-6-13-9-10-4-7-12-8-5-10/h10,12-13H,2-9H2,1H3. The van der Waals surface area contributed by atoms with Gasteiger partial charge in [-0.2, -0.15) is 0 Å². The Hall–Kier alpha value is -0.610. The van der Waals surface area contributed by atoms with E-state index in [0.29, 0.717) is 6.42 Å². The van der Waals surface area contributed by atoms with Crippen LogP contribution in [0, 0.1) is 5.92 Å². The summed E-state index contributed by atoms with van der Waals surface area (Å²) in [6.07, 6.45) is 3.93. The van der Waals surface area contributed by atoms with E-state index in [2.05, 4.69) is 15.4 Å². The summed E-state index contributed by atoms with van der Waals surface area (Å²) in [4.78, 5) is 10.8. The number of methoxy groups -OCH3 is 1. The molecule has 0 unspecified atom stereocenters. The van der Waals surface area contributed by atoms with Gasteiger partial charge < -0.3 is 15.4 Å². The number of piperidine rings is 1. The molecule has 0 amide bonds. The summed E-state index contributed by atoms with van der Waals surface area (Å²) < 4.78 is 4.57. The normalized spacial score (nSPS) is 17.7. The molecule has 0 saturated carbocycles. The molecular formula is C11H22N2O2. The third kappa shape index (κ3) is 5.74. The van der Waals surface area contributed by atoms with Gasteiger partial charge in [-0.25, -0.2) is 0 Å². The van der Waals surface area contributed by atoms with Gasteiger partial charge in [-0.1, -0.05) is 0 Å². The maximum absolute atomic E-state index is 10.8. The topological polar surface area (TPSA) is 50.4 Å². The van der Waals surface area contributed by atoms with E-state index in [1.807, 2.05) is 0 Å². The molecule has 0 aromatic carbocycles. The molecule has 88 valence electrons. The van der Waals surface area contributed by atoms with Crippen LogP contribution in [0.2, 0.25) is 0 Å². The number of ether oxygens (including phenoxy) is 1. The fraction of sp³-hybridized carbons (Fsp3) is 0.909. The van der Waals surface area contributed by atoms with Crippen molar-refractivity contribution in [1.29, 1.82) is 0 Å². The Morgan fingerprint density at radius 2 is 2.20 bits per heavy atom. The van der Waals surface area contributed by atoms with E-state index in [1.165, 1.54) is 20.0 Å².